The van der Waals surface area contributed by atoms with Crippen LogP contribution >= 0.6 is 0 Å². The number of ether oxygens (including phenoxy) is 3. The minimum Gasteiger partial charge on any atom is -0.462 e. The Morgan fingerprint density at radius 3 is 1.44 bits per heavy atom. The first-order valence-electron chi connectivity index (χ1n) is 12.9. The summed E-state index contributed by atoms with van der Waals surface area (Å²) in [5.41, 5.74) is 5.38. The van der Waals surface area contributed by atoms with Crippen molar-refractivity contribution in [3.05, 3.63) is 69.8 Å². The summed E-state index contributed by atoms with van der Waals surface area (Å²) in [7, 11) is 0. The highest BCUT2D eigenvalue weighted by molar-refractivity contribution is 5.87. The summed E-state index contributed by atoms with van der Waals surface area (Å²) in [6, 6.07) is 12.9. The Morgan fingerprint density at radius 2 is 1.03 bits per heavy atom. The third-order valence-corrected chi connectivity index (χ3v) is 6.52. The average Bonchev–Trinajstić information content (AvgIpc) is 2.78. The van der Waals surface area contributed by atoms with Crippen LogP contribution in [0.5, 0.6) is 0 Å². The van der Waals surface area contributed by atoms with Crippen LogP contribution in [0.15, 0.2) is 36.4 Å². The molecule has 0 heterocycles. The van der Waals surface area contributed by atoms with E-state index in [4.69, 9.17) is 19.3 Å². The first kappa shape index (κ1) is 30.0. The van der Waals surface area contributed by atoms with E-state index in [9.17, 15) is 4.79 Å². The lowest BCUT2D eigenvalue weighted by atomic mass is 9.71. The molecule has 0 aliphatic carbocycles. The maximum atomic E-state index is 13.9. The minimum atomic E-state index is -0.984. The number of hydrogen-bond donors (Lipinski definition) is 1. The maximum absolute atomic E-state index is 13.9. The molecule has 0 aliphatic heterocycles. The topological polar surface area (TPSA) is 65.0 Å². The van der Waals surface area contributed by atoms with Crippen LogP contribution in [0, 0.1) is 13.8 Å². The fourth-order valence-corrected chi connectivity index (χ4v) is 4.14. The first-order valence-corrected chi connectivity index (χ1v) is 12.9. The van der Waals surface area contributed by atoms with Crippen molar-refractivity contribution < 1.29 is 24.1 Å². The number of esters is 1. The molecule has 0 unspecified atom stereocenters. The molecule has 36 heavy (non-hydrogen) atoms. The molecule has 2 aromatic rings. The molecule has 0 saturated heterocycles. The molecule has 0 aromatic heterocycles. The van der Waals surface area contributed by atoms with Crippen LogP contribution in [-0.4, -0.2) is 50.7 Å². The SMILES string of the molecule is Cc1cc(C(C)(C)C)cc(C(C)(C(=O)OCCOCCOCCO)c2cc(C)cc(C(C)(C)C)c2)c1. The van der Waals surface area contributed by atoms with Gasteiger partial charge < -0.3 is 19.3 Å². The molecule has 1 N–H and O–H groups in total. The zero-order chi connectivity index (χ0) is 27.1. The van der Waals surface area contributed by atoms with Gasteiger partial charge in [0.2, 0.25) is 0 Å². The van der Waals surface area contributed by atoms with Gasteiger partial charge in [-0.2, -0.15) is 0 Å². The number of aryl methyl sites for hydroxylation is 2. The lowest BCUT2D eigenvalue weighted by Gasteiger charge is -2.32. The highest BCUT2D eigenvalue weighted by Gasteiger charge is 2.40. The fraction of sp³-hybridized carbons (Fsp3) is 0.581. The molecular weight excluding hydrogens is 452 g/mol. The summed E-state index contributed by atoms with van der Waals surface area (Å²) in [4.78, 5) is 13.9. The van der Waals surface area contributed by atoms with Crippen molar-refractivity contribution in [2.45, 2.75) is 78.6 Å². The van der Waals surface area contributed by atoms with Gasteiger partial charge in [-0.15, -0.1) is 0 Å². The van der Waals surface area contributed by atoms with Crippen LogP contribution in [0.4, 0.5) is 0 Å². The molecular formula is C31H46O5. The number of hydrogen-bond acceptors (Lipinski definition) is 5. The molecule has 5 heteroatoms. The number of rotatable bonds is 11. The summed E-state index contributed by atoms with van der Waals surface area (Å²) in [6.45, 7) is 20.7. The summed E-state index contributed by atoms with van der Waals surface area (Å²) in [6.07, 6.45) is 0. The Hall–Kier alpha value is -2.21. The van der Waals surface area contributed by atoms with Gasteiger partial charge in [0.25, 0.3) is 0 Å². The Labute approximate surface area is 218 Å². The normalized spacial score (nSPS) is 12.6. The van der Waals surface area contributed by atoms with Crippen molar-refractivity contribution >= 4 is 5.97 Å². The minimum absolute atomic E-state index is 0.0119. The molecule has 2 aromatic carbocycles. The van der Waals surface area contributed by atoms with Gasteiger partial charge in [0.05, 0.1) is 33.0 Å². The van der Waals surface area contributed by atoms with Crippen LogP contribution in [0.25, 0.3) is 0 Å². The maximum Gasteiger partial charge on any atom is 0.320 e. The van der Waals surface area contributed by atoms with Gasteiger partial charge in [-0.25, -0.2) is 0 Å². The average molecular weight is 499 g/mol. The standard InChI is InChI=1S/C31H46O5/c1-22-16-24(29(3,4)5)20-26(18-22)31(9,27-19-23(2)17-25(21-27)30(6,7)8)28(33)36-15-14-35-13-12-34-11-10-32/h16-21,32H,10-15H2,1-9H3. The van der Waals surface area contributed by atoms with Crippen LogP contribution in [-0.2, 0) is 35.3 Å². The summed E-state index contributed by atoms with van der Waals surface area (Å²) < 4.78 is 16.6. The van der Waals surface area contributed by atoms with Gasteiger partial charge in [0.15, 0.2) is 0 Å². The lowest BCUT2D eigenvalue weighted by molar-refractivity contribution is -0.150. The first-order chi connectivity index (χ1) is 16.7. The van der Waals surface area contributed by atoms with E-state index in [1.165, 1.54) is 11.1 Å². The second kappa shape index (κ2) is 12.4. The van der Waals surface area contributed by atoms with E-state index < -0.39 is 5.41 Å². The van der Waals surface area contributed by atoms with E-state index in [2.05, 4.69) is 91.8 Å². The largest absolute Gasteiger partial charge is 0.462 e. The number of aliphatic hydroxyl groups excluding tert-OH is 1. The second-order valence-corrected chi connectivity index (χ2v) is 11.9. The van der Waals surface area contributed by atoms with Gasteiger partial charge in [-0.3, -0.25) is 4.79 Å². The highest BCUT2D eigenvalue weighted by atomic mass is 16.6. The van der Waals surface area contributed by atoms with Crippen LogP contribution in [0.1, 0.15) is 81.8 Å². The predicted molar refractivity (Wildman–Crippen MR) is 146 cm³/mol. The van der Waals surface area contributed by atoms with Crippen molar-refractivity contribution in [3.63, 3.8) is 0 Å². The molecule has 5 nitrogen and oxygen atoms in total. The highest BCUT2D eigenvalue weighted by Crippen LogP contribution is 2.39. The zero-order valence-corrected chi connectivity index (χ0v) is 23.8. The molecule has 200 valence electrons. The van der Waals surface area contributed by atoms with E-state index >= 15 is 0 Å². The van der Waals surface area contributed by atoms with E-state index in [0.29, 0.717) is 13.2 Å². The Balaban J connectivity index is 2.44. The van der Waals surface area contributed by atoms with Crippen LogP contribution in [0.2, 0.25) is 0 Å². The Kier molecular flexibility index (Phi) is 10.3. The number of aliphatic hydroxyl groups is 1. The predicted octanol–water partition coefficient (Wildman–Crippen LogP) is 5.77. The number of carbonyl (C=O) groups is 1. The molecule has 0 fully saturated rings. The molecule has 0 radical (unpaired) electrons. The summed E-state index contributed by atoms with van der Waals surface area (Å²) in [5, 5.41) is 8.77. The molecule has 0 atom stereocenters. The number of benzene rings is 2. The van der Waals surface area contributed by atoms with Crippen molar-refractivity contribution in [2.75, 3.05) is 39.6 Å². The van der Waals surface area contributed by atoms with Crippen molar-refractivity contribution in [3.8, 4) is 0 Å². The van der Waals surface area contributed by atoms with Crippen molar-refractivity contribution in [1.82, 2.24) is 0 Å². The smallest absolute Gasteiger partial charge is 0.320 e. The number of carbonyl (C=O) groups excluding carboxylic acids is 1. The van der Waals surface area contributed by atoms with E-state index in [1.54, 1.807) is 0 Å². The van der Waals surface area contributed by atoms with Gasteiger partial charge in [-0.1, -0.05) is 89.1 Å². The van der Waals surface area contributed by atoms with Gasteiger partial charge in [0, 0.05) is 0 Å². The molecule has 0 saturated carbocycles. The van der Waals surface area contributed by atoms with Gasteiger partial charge in [0.1, 0.15) is 12.0 Å². The van der Waals surface area contributed by atoms with E-state index in [-0.39, 0.29) is 43.2 Å². The third kappa shape index (κ3) is 7.89. The fourth-order valence-electron chi connectivity index (χ4n) is 4.14. The van der Waals surface area contributed by atoms with E-state index in [0.717, 1.165) is 22.3 Å². The van der Waals surface area contributed by atoms with Crippen LogP contribution in [0.3, 0.4) is 0 Å². The van der Waals surface area contributed by atoms with E-state index in [1.807, 2.05) is 6.92 Å². The molecule has 0 spiro atoms. The summed E-state index contributed by atoms with van der Waals surface area (Å²) >= 11 is 0. The quantitative estimate of drug-likeness (QED) is 0.315. The van der Waals surface area contributed by atoms with Crippen LogP contribution < -0.4 is 0 Å². The molecule has 2 rings (SSSR count). The second-order valence-electron chi connectivity index (χ2n) is 11.9. The molecule has 0 bridgehead atoms. The van der Waals surface area contributed by atoms with Crippen molar-refractivity contribution in [2.24, 2.45) is 0 Å². The zero-order valence-electron chi connectivity index (χ0n) is 23.8. The monoisotopic (exact) mass is 498 g/mol. The Bertz CT molecular complexity index is 947. The van der Waals surface area contributed by atoms with Gasteiger partial charge >= 0.3 is 5.97 Å². The summed E-state index contributed by atoms with van der Waals surface area (Å²) in [5.74, 6) is -0.293. The third-order valence-electron chi connectivity index (χ3n) is 6.52. The molecule has 0 aliphatic rings. The molecule has 0 amide bonds. The van der Waals surface area contributed by atoms with Gasteiger partial charge in [-0.05, 0) is 53.9 Å². The lowest BCUT2D eigenvalue weighted by Crippen LogP contribution is -2.37. The van der Waals surface area contributed by atoms with Crippen molar-refractivity contribution in [1.29, 1.82) is 0 Å². The Morgan fingerprint density at radius 1 is 0.639 bits per heavy atom.